The summed E-state index contributed by atoms with van der Waals surface area (Å²) < 4.78 is 5.52. The summed E-state index contributed by atoms with van der Waals surface area (Å²) in [7, 11) is 1.74. The third-order valence-electron chi connectivity index (χ3n) is 4.65. The van der Waals surface area contributed by atoms with Gasteiger partial charge in [0.2, 0.25) is 0 Å². The van der Waals surface area contributed by atoms with Gasteiger partial charge in [-0.2, -0.15) is 5.10 Å². The highest BCUT2D eigenvalue weighted by atomic mass is 16.5. The van der Waals surface area contributed by atoms with Crippen LogP contribution in [0.3, 0.4) is 0 Å². The van der Waals surface area contributed by atoms with E-state index in [0.717, 1.165) is 36.9 Å². The molecule has 1 aliphatic rings. The van der Waals surface area contributed by atoms with Crippen LogP contribution < -0.4 is 4.74 Å². The average molecular weight is 314 g/mol. The SMILES string of the molecule is CCc1n[nH]c(CN(Cc2ccccc2OC)C2CCCC2)n1. The summed E-state index contributed by atoms with van der Waals surface area (Å²) in [6, 6.07) is 8.90. The number of benzene rings is 1. The van der Waals surface area contributed by atoms with Gasteiger partial charge in [-0.25, -0.2) is 4.98 Å². The minimum absolute atomic E-state index is 0.620. The summed E-state index contributed by atoms with van der Waals surface area (Å²) in [4.78, 5) is 7.10. The van der Waals surface area contributed by atoms with Gasteiger partial charge in [0.15, 0.2) is 0 Å². The monoisotopic (exact) mass is 314 g/mol. The van der Waals surface area contributed by atoms with Crippen molar-refractivity contribution in [3.8, 4) is 5.75 Å². The normalized spacial score (nSPS) is 15.4. The Kier molecular flexibility index (Phi) is 5.28. The van der Waals surface area contributed by atoms with E-state index >= 15 is 0 Å². The Bertz CT molecular complexity index is 619. The zero-order valence-corrected chi connectivity index (χ0v) is 14.1. The highest BCUT2D eigenvalue weighted by molar-refractivity contribution is 5.33. The molecule has 0 spiro atoms. The van der Waals surface area contributed by atoms with Gasteiger partial charge in [0.05, 0.1) is 13.7 Å². The molecule has 1 saturated carbocycles. The largest absolute Gasteiger partial charge is 0.496 e. The van der Waals surface area contributed by atoms with Gasteiger partial charge in [-0.05, 0) is 18.9 Å². The first-order valence-electron chi connectivity index (χ1n) is 8.56. The molecular weight excluding hydrogens is 288 g/mol. The molecule has 0 unspecified atom stereocenters. The molecule has 1 aromatic heterocycles. The molecular formula is C18H26N4O. The molecule has 1 N–H and O–H groups in total. The van der Waals surface area contributed by atoms with Crippen molar-refractivity contribution in [2.75, 3.05) is 7.11 Å². The molecule has 124 valence electrons. The van der Waals surface area contributed by atoms with Crippen molar-refractivity contribution in [3.63, 3.8) is 0 Å². The fourth-order valence-corrected chi connectivity index (χ4v) is 3.39. The summed E-state index contributed by atoms with van der Waals surface area (Å²) in [6.45, 7) is 3.78. The van der Waals surface area contributed by atoms with E-state index in [1.165, 1.54) is 31.2 Å². The van der Waals surface area contributed by atoms with Crippen LogP contribution in [-0.2, 0) is 19.5 Å². The lowest BCUT2D eigenvalue weighted by molar-refractivity contribution is 0.174. The molecule has 2 aromatic rings. The maximum atomic E-state index is 5.52. The Morgan fingerprint density at radius 3 is 2.70 bits per heavy atom. The van der Waals surface area contributed by atoms with Gasteiger partial charge < -0.3 is 4.74 Å². The molecule has 5 nitrogen and oxygen atoms in total. The number of ether oxygens (including phenoxy) is 1. The van der Waals surface area contributed by atoms with Crippen LogP contribution in [0.15, 0.2) is 24.3 Å². The van der Waals surface area contributed by atoms with Gasteiger partial charge in [-0.1, -0.05) is 38.0 Å². The van der Waals surface area contributed by atoms with Crippen molar-refractivity contribution < 1.29 is 4.74 Å². The van der Waals surface area contributed by atoms with Gasteiger partial charge in [0, 0.05) is 24.6 Å². The van der Waals surface area contributed by atoms with Gasteiger partial charge in [-0.3, -0.25) is 10.00 Å². The second-order valence-corrected chi connectivity index (χ2v) is 6.21. The third-order valence-corrected chi connectivity index (χ3v) is 4.65. The number of H-pyrrole nitrogens is 1. The van der Waals surface area contributed by atoms with Crippen molar-refractivity contribution >= 4 is 0 Å². The zero-order valence-electron chi connectivity index (χ0n) is 14.1. The first-order chi connectivity index (χ1) is 11.3. The minimum Gasteiger partial charge on any atom is -0.496 e. The van der Waals surface area contributed by atoms with Crippen molar-refractivity contribution in [2.24, 2.45) is 0 Å². The Balaban J connectivity index is 1.77. The predicted molar refractivity (Wildman–Crippen MR) is 90.3 cm³/mol. The highest BCUT2D eigenvalue weighted by Gasteiger charge is 2.24. The number of aromatic amines is 1. The number of hydrogen-bond donors (Lipinski definition) is 1. The van der Waals surface area contributed by atoms with E-state index in [2.05, 4.69) is 39.1 Å². The molecule has 23 heavy (non-hydrogen) atoms. The number of nitrogens with one attached hydrogen (secondary N) is 1. The number of aromatic nitrogens is 3. The van der Waals surface area contributed by atoms with Crippen LogP contribution >= 0.6 is 0 Å². The first kappa shape index (κ1) is 16.0. The predicted octanol–water partition coefficient (Wildman–Crippen LogP) is 3.32. The third kappa shape index (κ3) is 3.91. The molecule has 0 saturated heterocycles. The topological polar surface area (TPSA) is 54.0 Å². The fraction of sp³-hybridized carbons (Fsp3) is 0.556. The Labute approximate surface area is 138 Å². The number of hydrogen-bond acceptors (Lipinski definition) is 4. The van der Waals surface area contributed by atoms with E-state index in [9.17, 15) is 0 Å². The lowest BCUT2D eigenvalue weighted by Gasteiger charge is -2.28. The maximum Gasteiger partial charge on any atom is 0.150 e. The summed E-state index contributed by atoms with van der Waals surface area (Å²) in [5, 5.41) is 7.36. The minimum atomic E-state index is 0.620. The molecule has 1 heterocycles. The lowest BCUT2D eigenvalue weighted by atomic mass is 10.1. The number of para-hydroxylation sites is 1. The second-order valence-electron chi connectivity index (χ2n) is 6.21. The van der Waals surface area contributed by atoms with Gasteiger partial charge in [0.1, 0.15) is 17.4 Å². The van der Waals surface area contributed by atoms with Gasteiger partial charge >= 0.3 is 0 Å². The second kappa shape index (κ2) is 7.59. The summed E-state index contributed by atoms with van der Waals surface area (Å²) in [5.41, 5.74) is 1.23. The molecule has 0 bridgehead atoms. The fourth-order valence-electron chi connectivity index (χ4n) is 3.39. The molecule has 1 fully saturated rings. The zero-order chi connectivity index (χ0) is 16.1. The molecule has 3 rings (SSSR count). The van der Waals surface area contributed by atoms with Crippen LogP contribution in [0, 0.1) is 0 Å². The molecule has 0 atom stereocenters. The summed E-state index contributed by atoms with van der Waals surface area (Å²) in [5.74, 6) is 2.81. The molecule has 0 aliphatic heterocycles. The lowest BCUT2D eigenvalue weighted by Crippen LogP contribution is -2.32. The molecule has 0 amide bonds. The van der Waals surface area contributed by atoms with E-state index in [1.54, 1.807) is 7.11 Å². The highest BCUT2D eigenvalue weighted by Crippen LogP contribution is 2.28. The molecule has 0 radical (unpaired) electrons. The van der Waals surface area contributed by atoms with E-state index in [-0.39, 0.29) is 0 Å². The van der Waals surface area contributed by atoms with Crippen LogP contribution in [0.4, 0.5) is 0 Å². The standard InChI is InChI=1S/C18H26N4O/c1-3-17-19-18(21-20-17)13-22(15-9-5-6-10-15)12-14-8-4-7-11-16(14)23-2/h4,7-8,11,15H,3,5-6,9-10,12-13H2,1-2H3,(H,19,20,21). The molecule has 5 heteroatoms. The number of rotatable bonds is 7. The smallest absolute Gasteiger partial charge is 0.150 e. The molecule has 1 aliphatic carbocycles. The summed E-state index contributed by atoms with van der Waals surface area (Å²) >= 11 is 0. The van der Waals surface area contributed by atoms with Crippen LogP contribution in [0.2, 0.25) is 0 Å². The van der Waals surface area contributed by atoms with Gasteiger partial charge in [0.25, 0.3) is 0 Å². The molecule has 1 aromatic carbocycles. The van der Waals surface area contributed by atoms with Crippen molar-refractivity contribution in [1.82, 2.24) is 20.1 Å². The van der Waals surface area contributed by atoms with E-state index < -0.39 is 0 Å². The summed E-state index contributed by atoms with van der Waals surface area (Å²) in [6.07, 6.45) is 6.05. The van der Waals surface area contributed by atoms with Gasteiger partial charge in [-0.15, -0.1) is 0 Å². The van der Waals surface area contributed by atoms with Crippen LogP contribution in [-0.4, -0.2) is 33.2 Å². The Hall–Kier alpha value is -1.88. The van der Waals surface area contributed by atoms with Crippen LogP contribution in [0.1, 0.15) is 49.8 Å². The van der Waals surface area contributed by atoms with E-state index in [0.29, 0.717) is 6.04 Å². The quantitative estimate of drug-likeness (QED) is 0.852. The number of nitrogens with zero attached hydrogens (tertiary/aromatic N) is 3. The van der Waals surface area contributed by atoms with Crippen molar-refractivity contribution in [3.05, 3.63) is 41.5 Å². The number of methoxy groups -OCH3 is 1. The van der Waals surface area contributed by atoms with E-state index in [4.69, 9.17) is 4.74 Å². The van der Waals surface area contributed by atoms with Crippen LogP contribution in [0.25, 0.3) is 0 Å². The Morgan fingerprint density at radius 1 is 1.22 bits per heavy atom. The van der Waals surface area contributed by atoms with Crippen molar-refractivity contribution in [1.29, 1.82) is 0 Å². The van der Waals surface area contributed by atoms with Crippen LogP contribution in [0.5, 0.6) is 5.75 Å². The Morgan fingerprint density at radius 2 is 2.00 bits per heavy atom. The maximum absolute atomic E-state index is 5.52. The average Bonchev–Trinajstić information content (AvgIpc) is 3.26. The first-order valence-corrected chi connectivity index (χ1v) is 8.56. The van der Waals surface area contributed by atoms with Crippen molar-refractivity contribution in [2.45, 2.75) is 58.2 Å². The number of aryl methyl sites for hydroxylation is 1. The van der Waals surface area contributed by atoms with E-state index in [1.807, 2.05) is 12.1 Å².